The van der Waals surface area contributed by atoms with Gasteiger partial charge in [-0.1, -0.05) is 6.07 Å². The Morgan fingerprint density at radius 3 is 2.95 bits per heavy atom. The van der Waals surface area contributed by atoms with Crippen LogP contribution < -0.4 is 4.90 Å². The van der Waals surface area contributed by atoms with Gasteiger partial charge >= 0.3 is 5.97 Å². The average molecular weight is 264 g/mol. The summed E-state index contributed by atoms with van der Waals surface area (Å²) in [7, 11) is 0. The van der Waals surface area contributed by atoms with Gasteiger partial charge in [-0.15, -0.1) is 0 Å². The van der Waals surface area contributed by atoms with Gasteiger partial charge in [0, 0.05) is 25.7 Å². The number of carboxylic acid groups (broad SMARTS) is 1. The van der Waals surface area contributed by atoms with Crippen LogP contribution in [-0.2, 0) is 0 Å². The summed E-state index contributed by atoms with van der Waals surface area (Å²) in [6.45, 7) is 3.62. The van der Waals surface area contributed by atoms with Crippen LogP contribution >= 0.6 is 0 Å². The normalized spacial score (nSPS) is 23.4. The summed E-state index contributed by atoms with van der Waals surface area (Å²) in [6.07, 6.45) is 2.35. The van der Waals surface area contributed by atoms with Crippen LogP contribution in [0.1, 0.15) is 23.2 Å². The second-order valence-electron chi connectivity index (χ2n) is 5.22. The molecule has 0 radical (unpaired) electrons. The van der Waals surface area contributed by atoms with E-state index in [9.17, 15) is 14.3 Å². The number of piperazine rings is 1. The number of halogens is 1. The topological polar surface area (TPSA) is 43.8 Å². The molecule has 2 saturated heterocycles. The summed E-state index contributed by atoms with van der Waals surface area (Å²) in [6, 6.07) is 4.98. The highest BCUT2D eigenvalue weighted by molar-refractivity contribution is 5.94. The number of carboxylic acids is 1. The molecule has 1 atom stereocenters. The fourth-order valence-electron chi connectivity index (χ4n) is 3.20. The molecule has 19 heavy (non-hydrogen) atoms. The lowest BCUT2D eigenvalue weighted by Gasteiger charge is -2.39. The van der Waals surface area contributed by atoms with E-state index in [2.05, 4.69) is 4.90 Å². The van der Waals surface area contributed by atoms with E-state index in [1.54, 1.807) is 12.1 Å². The summed E-state index contributed by atoms with van der Waals surface area (Å²) >= 11 is 0. The lowest BCUT2D eigenvalue weighted by molar-refractivity contribution is 0.0692. The van der Waals surface area contributed by atoms with Crippen LogP contribution in [0.3, 0.4) is 0 Å². The fourth-order valence-corrected chi connectivity index (χ4v) is 3.20. The molecule has 4 nitrogen and oxygen atoms in total. The summed E-state index contributed by atoms with van der Waals surface area (Å²) in [5, 5.41) is 9.19. The Bertz CT molecular complexity index is 506. The molecular weight excluding hydrogens is 247 g/mol. The Labute approximate surface area is 111 Å². The first-order valence-corrected chi connectivity index (χ1v) is 6.67. The van der Waals surface area contributed by atoms with Crippen LogP contribution in [0.5, 0.6) is 0 Å². The van der Waals surface area contributed by atoms with Crippen molar-refractivity contribution in [2.75, 3.05) is 31.1 Å². The van der Waals surface area contributed by atoms with E-state index in [0.29, 0.717) is 11.7 Å². The van der Waals surface area contributed by atoms with Crippen molar-refractivity contribution in [2.24, 2.45) is 0 Å². The van der Waals surface area contributed by atoms with Crippen molar-refractivity contribution < 1.29 is 14.3 Å². The standard InChI is InChI=1S/C14H17FN2O2/c15-11-4-1-5-12(13(11)14(18)19)17-8-7-16-6-2-3-10(16)9-17/h1,4-5,10H,2-3,6-9H2,(H,18,19). The fraction of sp³-hybridized carbons (Fsp3) is 0.500. The van der Waals surface area contributed by atoms with Crippen LogP contribution in [0.2, 0.25) is 0 Å². The van der Waals surface area contributed by atoms with Crippen molar-refractivity contribution in [1.82, 2.24) is 4.90 Å². The quantitative estimate of drug-likeness (QED) is 0.884. The van der Waals surface area contributed by atoms with Gasteiger partial charge in [-0.25, -0.2) is 9.18 Å². The number of carbonyl (C=O) groups is 1. The molecule has 0 bridgehead atoms. The van der Waals surface area contributed by atoms with Crippen LogP contribution in [-0.4, -0.2) is 48.2 Å². The Kier molecular flexibility index (Phi) is 3.14. The lowest BCUT2D eigenvalue weighted by atomic mass is 10.1. The monoisotopic (exact) mass is 264 g/mol. The molecule has 2 fully saturated rings. The SMILES string of the molecule is O=C(O)c1c(F)cccc1N1CCN2CCCC2C1. The molecule has 0 saturated carbocycles. The molecule has 0 aliphatic carbocycles. The minimum Gasteiger partial charge on any atom is -0.478 e. The number of hydrogen-bond acceptors (Lipinski definition) is 3. The third kappa shape index (κ3) is 2.18. The molecule has 2 aliphatic heterocycles. The Balaban J connectivity index is 1.90. The van der Waals surface area contributed by atoms with E-state index in [1.165, 1.54) is 12.5 Å². The highest BCUT2D eigenvalue weighted by atomic mass is 19.1. The summed E-state index contributed by atoms with van der Waals surface area (Å²) in [5.74, 6) is -1.85. The maximum atomic E-state index is 13.7. The Morgan fingerprint density at radius 2 is 2.16 bits per heavy atom. The molecule has 0 spiro atoms. The maximum absolute atomic E-state index is 13.7. The molecule has 0 aromatic heterocycles. The van der Waals surface area contributed by atoms with Crippen molar-refractivity contribution in [3.05, 3.63) is 29.6 Å². The van der Waals surface area contributed by atoms with Crippen molar-refractivity contribution in [2.45, 2.75) is 18.9 Å². The molecule has 2 heterocycles. The van der Waals surface area contributed by atoms with Crippen molar-refractivity contribution in [3.8, 4) is 0 Å². The predicted molar refractivity (Wildman–Crippen MR) is 70.2 cm³/mol. The van der Waals surface area contributed by atoms with Crippen LogP contribution in [0.4, 0.5) is 10.1 Å². The number of nitrogens with zero attached hydrogens (tertiary/aromatic N) is 2. The van der Waals surface area contributed by atoms with E-state index in [4.69, 9.17) is 0 Å². The second kappa shape index (κ2) is 4.81. The first kappa shape index (κ1) is 12.4. The molecule has 3 rings (SSSR count). The van der Waals surface area contributed by atoms with Crippen LogP contribution in [0.25, 0.3) is 0 Å². The van der Waals surface area contributed by atoms with Gasteiger partial charge in [-0.05, 0) is 31.5 Å². The van der Waals surface area contributed by atoms with Gasteiger partial charge in [0.15, 0.2) is 0 Å². The smallest absolute Gasteiger partial charge is 0.340 e. The molecular formula is C14H17FN2O2. The van der Waals surface area contributed by atoms with Crippen molar-refractivity contribution >= 4 is 11.7 Å². The molecule has 0 amide bonds. The molecule has 2 aliphatic rings. The number of anilines is 1. The number of fused-ring (bicyclic) bond motifs is 1. The highest BCUT2D eigenvalue weighted by Crippen LogP contribution is 2.28. The molecule has 5 heteroatoms. The molecule has 1 aromatic rings. The van der Waals surface area contributed by atoms with Gasteiger partial charge in [-0.2, -0.15) is 0 Å². The lowest BCUT2D eigenvalue weighted by Crippen LogP contribution is -2.50. The molecule has 102 valence electrons. The van der Waals surface area contributed by atoms with E-state index >= 15 is 0 Å². The van der Waals surface area contributed by atoms with Gasteiger partial charge in [-0.3, -0.25) is 4.90 Å². The number of benzene rings is 1. The molecule has 1 aromatic carbocycles. The van der Waals surface area contributed by atoms with E-state index in [1.807, 2.05) is 4.90 Å². The molecule has 1 unspecified atom stereocenters. The predicted octanol–water partition coefficient (Wildman–Crippen LogP) is 1.81. The van der Waals surface area contributed by atoms with E-state index in [-0.39, 0.29) is 5.56 Å². The number of rotatable bonds is 2. The molecule has 1 N–H and O–H groups in total. The zero-order valence-corrected chi connectivity index (χ0v) is 10.7. The number of aromatic carboxylic acids is 1. The summed E-state index contributed by atoms with van der Waals surface area (Å²) in [4.78, 5) is 15.7. The zero-order chi connectivity index (χ0) is 13.4. The second-order valence-corrected chi connectivity index (χ2v) is 5.22. The Morgan fingerprint density at radius 1 is 1.32 bits per heavy atom. The Hall–Kier alpha value is -1.62. The largest absolute Gasteiger partial charge is 0.478 e. The third-order valence-electron chi connectivity index (χ3n) is 4.13. The first-order valence-electron chi connectivity index (χ1n) is 6.67. The van der Waals surface area contributed by atoms with E-state index in [0.717, 1.165) is 32.6 Å². The van der Waals surface area contributed by atoms with Gasteiger partial charge in [0.25, 0.3) is 0 Å². The first-order chi connectivity index (χ1) is 9.16. The number of hydrogen-bond donors (Lipinski definition) is 1. The average Bonchev–Trinajstić information content (AvgIpc) is 2.85. The van der Waals surface area contributed by atoms with Gasteiger partial charge in [0.1, 0.15) is 11.4 Å². The summed E-state index contributed by atoms with van der Waals surface area (Å²) < 4.78 is 13.7. The van der Waals surface area contributed by atoms with E-state index < -0.39 is 11.8 Å². The van der Waals surface area contributed by atoms with Crippen LogP contribution in [0, 0.1) is 5.82 Å². The van der Waals surface area contributed by atoms with Crippen molar-refractivity contribution in [1.29, 1.82) is 0 Å². The minimum absolute atomic E-state index is 0.200. The third-order valence-corrected chi connectivity index (χ3v) is 4.13. The van der Waals surface area contributed by atoms with Crippen LogP contribution in [0.15, 0.2) is 18.2 Å². The van der Waals surface area contributed by atoms with Gasteiger partial charge < -0.3 is 10.0 Å². The van der Waals surface area contributed by atoms with Gasteiger partial charge in [0.05, 0.1) is 5.69 Å². The summed E-state index contributed by atoms with van der Waals surface area (Å²) in [5.41, 5.74) is 0.313. The minimum atomic E-state index is -1.19. The van der Waals surface area contributed by atoms with Gasteiger partial charge in [0.2, 0.25) is 0 Å². The zero-order valence-electron chi connectivity index (χ0n) is 10.7. The van der Waals surface area contributed by atoms with Crippen molar-refractivity contribution in [3.63, 3.8) is 0 Å². The highest BCUT2D eigenvalue weighted by Gasteiger charge is 2.32. The maximum Gasteiger partial charge on any atom is 0.340 e.